The molecule has 1 aromatic rings. The molecule has 0 saturated carbocycles. The number of benzene rings is 1. The molecule has 0 bridgehead atoms. The Labute approximate surface area is 101 Å². The highest BCUT2D eigenvalue weighted by atomic mass is 16.5. The normalized spacial score (nSPS) is 16.2. The fourth-order valence-electron chi connectivity index (χ4n) is 1.96. The first kappa shape index (κ1) is 12.0. The lowest BCUT2D eigenvalue weighted by Crippen LogP contribution is -2.08. The van der Waals surface area contributed by atoms with E-state index in [-0.39, 0.29) is 0 Å². The van der Waals surface area contributed by atoms with Gasteiger partial charge < -0.3 is 19.3 Å². The van der Waals surface area contributed by atoms with Crippen molar-refractivity contribution in [2.75, 3.05) is 20.3 Å². The second-order valence-corrected chi connectivity index (χ2v) is 4.18. The van der Waals surface area contributed by atoms with Gasteiger partial charge in [-0.05, 0) is 19.1 Å². The Kier molecular flexibility index (Phi) is 3.74. The zero-order valence-electron chi connectivity index (χ0n) is 10.2. The summed E-state index contributed by atoms with van der Waals surface area (Å²) in [6.07, 6.45) is 0.920. The molecule has 1 unspecified atom stereocenters. The third-order valence-corrected chi connectivity index (χ3v) is 2.69. The number of ether oxygens (including phenoxy) is 3. The van der Waals surface area contributed by atoms with Gasteiger partial charge in [-0.3, -0.25) is 0 Å². The Morgan fingerprint density at radius 3 is 2.82 bits per heavy atom. The lowest BCUT2D eigenvalue weighted by atomic mass is 10.1. The summed E-state index contributed by atoms with van der Waals surface area (Å²) in [7, 11) is 1.62. The van der Waals surface area contributed by atoms with Crippen LogP contribution in [0.4, 0.5) is 0 Å². The highest BCUT2D eigenvalue weighted by molar-refractivity contribution is 5.54. The lowest BCUT2D eigenvalue weighted by molar-refractivity contribution is 0.191. The van der Waals surface area contributed by atoms with E-state index in [1.54, 1.807) is 14.0 Å². The summed E-state index contributed by atoms with van der Waals surface area (Å²) in [6, 6.07) is 3.70. The Hall–Kier alpha value is -1.42. The van der Waals surface area contributed by atoms with E-state index < -0.39 is 6.10 Å². The van der Waals surface area contributed by atoms with Crippen molar-refractivity contribution in [2.45, 2.75) is 25.9 Å². The number of aliphatic hydroxyl groups is 1. The fourth-order valence-corrected chi connectivity index (χ4v) is 1.96. The summed E-state index contributed by atoms with van der Waals surface area (Å²) >= 11 is 0. The Morgan fingerprint density at radius 1 is 1.35 bits per heavy atom. The van der Waals surface area contributed by atoms with Gasteiger partial charge in [-0.1, -0.05) is 0 Å². The minimum atomic E-state index is -0.442. The standard InChI is InChI=1S/C13H18O4/c1-9(14)8-10-11(15-2)4-5-12-13(10)17-7-3-6-16-12/h4-5,9,14H,3,6-8H2,1-2H3. The number of fused-ring (bicyclic) bond motifs is 1. The molecule has 4 nitrogen and oxygen atoms in total. The van der Waals surface area contributed by atoms with Gasteiger partial charge >= 0.3 is 0 Å². The van der Waals surface area contributed by atoms with E-state index in [2.05, 4.69) is 0 Å². The van der Waals surface area contributed by atoms with E-state index >= 15 is 0 Å². The van der Waals surface area contributed by atoms with Crippen molar-refractivity contribution >= 4 is 0 Å². The average molecular weight is 238 g/mol. The van der Waals surface area contributed by atoms with Gasteiger partial charge in [-0.2, -0.15) is 0 Å². The summed E-state index contributed by atoms with van der Waals surface area (Å²) < 4.78 is 16.6. The molecule has 0 amide bonds. The monoisotopic (exact) mass is 238 g/mol. The van der Waals surface area contributed by atoms with E-state index in [1.807, 2.05) is 12.1 Å². The first-order valence-electron chi connectivity index (χ1n) is 5.86. The molecule has 1 aliphatic rings. The number of rotatable bonds is 3. The molecule has 0 aromatic heterocycles. The molecular weight excluding hydrogens is 220 g/mol. The first-order chi connectivity index (χ1) is 8.22. The average Bonchev–Trinajstić information content (AvgIpc) is 2.54. The Bertz CT molecular complexity index is 387. The van der Waals surface area contributed by atoms with Crippen LogP contribution in [0.1, 0.15) is 18.9 Å². The molecule has 0 fully saturated rings. The third kappa shape index (κ3) is 2.64. The van der Waals surface area contributed by atoms with E-state index in [1.165, 1.54) is 0 Å². The lowest BCUT2D eigenvalue weighted by Gasteiger charge is -2.16. The number of hydrogen-bond donors (Lipinski definition) is 1. The van der Waals surface area contributed by atoms with Gasteiger partial charge in [0.2, 0.25) is 0 Å². The second kappa shape index (κ2) is 5.27. The zero-order chi connectivity index (χ0) is 12.3. The predicted octanol–water partition coefficient (Wildman–Crippen LogP) is 1.78. The first-order valence-corrected chi connectivity index (χ1v) is 5.86. The van der Waals surface area contributed by atoms with Crippen LogP contribution in [0, 0.1) is 0 Å². The van der Waals surface area contributed by atoms with Crippen molar-refractivity contribution in [3.05, 3.63) is 17.7 Å². The highest BCUT2D eigenvalue weighted by Crippen LogP contribution is 2.39. The van der Waals surface area contributed by atoms with Gasteiger partial charge in [-0.25, -0.2) is 0 Å². The maximum Gasteiger partial charge on any atom is 0.168 e. The van der Waals surface area contributed by atoms with Gasteiger partial charge in [0.05, 0.1) is 26.4 Å². The number of methoxy groups -OCH3 is 1. The number of hydrogen-bond acceptors (Lipinski definition) is 4. The van der Waals surface area contributed by atoms with Crippen LogP contribution in [0.2, 0.25) is 0 Å². The van der Waals surface area contributed by atoms with Crippen LogP contribution in [0.15, 0.2) is 12.1 Å². The van der Waals surface area contributed by atoms with Crippen LogP contribution in [0.5, 0.6) is 17.2 Å². The Morgan fingerprint density at radius 2 is 2.12 bits per heavy atom. The van der Waals surface area contributed by atoms with Gasteiger partial charge in [0.25, 0.3) is 0 Å². The van der Waals surface area contributed by atoms with Gasteiger partial charge in [0.15, 0.2) is 11.5 Å². The van der Waals surface area contributed by atoms with Gasteiger partial charge in [0, 0.05) is 18.4 Å². The van der Waals surface area contributed by atoms with Crippen molar-refractivity contribution in [3.8, 4) is 17.2 Å². The van der Waals surface area contributed by atoms with E-state index in [0.717, 1.165) is 23.5 Å². The molecule has 1 heterocycles. The van der Waals surface area contributed by atoms with Crippen molar-refractivity contribution in [2.24, 2.45) is 0 Å². The number of aliphatic hydroxyl groups excluding tert-OH is 1. The quantitative estimate of drug-likeness (QED) is 0.872. The van der Waals surface area contributed by atoms with Crippen LogP contribution in [0.3, 0.4) is 0 Å². The van der Waals surface area contributed by atoms with Crippen molar-refractivity contribution in [1.82, 2.24) is 0 Å². The minimum Gasteiger partial charge on any atom is -0.496 e. The second-order valence-electron chi connectivity index (χ2n) is 4.18. The van der Waals surface area contributed by atoms with E-state index in [4.69, 9.17) is 14.2 Å². The van der Waals surface area contributed by atoms with Crippen molar-refractivity contribution in [3.63, 3.8) is 0 Å². The summed E-state index contributed by atoms with van der Waals surface area (Å²) in [6.45, 7) is 3.04. The van der Waals surface area contributed by atoms with Crippen LogP contribution in [-0.2, 0) is 6.42 Å². The zero-order valence-corrected chi connectivity index (χ0v) is 10.2. The third-order valence-electron chi connectivity index (χ3n) is 2.69. The highest BCUT2D eigenvalue weighted by Gasteiger charge is 2.20. The molecule has 17 heavy (non-hydrogen) atoms. The molecule has 1 N–H and O–H groups in total. The van der Waals surface area contributed by atoms with Crippen LogP contribution < -0.4 is 14.2 Å². The Balaban J connectivity index is 2.43. The SMILES string of the molecule is COc1ccc2c(c1CC(C)O)OCCCO2. The maximum absolute atomic E-state index is 9.55. The topological polar surface area (TPSA) is 47.9 Å². The van der Waals surface area contributed by atoms with Crippen molar-refractivity contribution < 1.29 is 19.3 Å². The summed E-state index contributed by atoms with van der Waals surface area (Å²) in [5, 5.41) is 9.55. The molecule has 1 aliphatic heterocycles. The molecule has 1 aromatic carbocycles. The molecule has 94 valence electrons. The smallest absolute Gasteiger partial charge is 0.168 e. The molecule has 4 heteroatoms. The predicted molar refractivity (Wildman–Crippen MR) is 64.0 cm³/mol. The van der Waals surface area contributed by atoms with Crippen LogP contribution in [0.25, 0.3) is 0 Å². The summed E-state index contributed by atoms with van der Waals surface area (Å²) in [5.74, 6) is 2.18. The molecule has 0 aliphatic carbocycles. The molecule has 0 radical (unpaired) electrons. The summed E-state index contributed by atoms with van der Waals surface area (Å²) in [5.41, 5.74) is 0.877. The molecular formula is C13H18O4. The fraction of sp³-hybridized carbons (Fsp3) is 0.538. The molecule has 2 rings (SSSR count). The van der Waals surface area contributed by atoms with Gasteiger partial charge in [0.1, 0.15) is 5.75 Å². The molecule has 0 spiro atoms. The summed E-state index contributed by atoms with van der Waals surface area (Å²) in [4.78, 5) is 0. The molecule has 1 atom stereocenters. The van der Waals surface area contributed by atoms with Gasteiger partial charge in [-0.15, -0.1) is 0 Å². The van der Waals surface area contributed by atoms with Crippen LogP contribution in [-0.4, -0.2) is 31.5 Å². The molecule has 0 saturated heterocycles. The van der Waals surface area contributed by atoms with E-state index in [9.17, 15) is 5.11 Å². The van der Waals surface area contributed by atoms with Crippen LogP contribution >= 0.6 is 0 Å². The maximum atomic E-state index is 9.55. The van der Waals surface area contributed by atoms with E-state index in [0.29, 0.717) is 25.4 Å². The van der Waals surface area contributed by atoms with Crippen molar-refractivity contribution in [1.29, 1.82) is 0 Å². The minimum absolute atomic E-state index is 0.442. The largest absolute Gasteiger partial charge is 0.496 e.